The number of nitrogens with zero attached hydrogens (tertiary/aromatic N) is 2. The molecule has 10 heteroatoms. The van der Waals surface area contributed by atoms with Gasteiger partial charge in [-0.1, -0.05) is 24.3 Å². The molecule has 0 saturated heterocycles. The largest absolute Gasteiger partial charge is 0.417 e. The average Bonchev–Trinajstić information content (AvgIpc) is 2.67. The Morgan fingerprint density at radius 3 is 2.34 bits per heavy atom. The van der Waals surface area contributed by atoms with Gasteiger partial charge in [-0.05, 0) is 42.0 Å². The zero-order valence-corrected chi connectivity index (χ0v) is 16.0. The summed E-state index contributed by atoms with van der Waals surface area (Å²) in [5.74, 6) is 0.0398. The van der Waals surface area contributed by atoms with E-state index in [-0.39, 0.29) is 27.5 Å². The first-order valence-corrected chi connectivity index (χ1v) is 9.81. The van der Waals surface area contributed by atoms with Crippen LogP contribution in [0.5, 0.6) is 0 Å². The van der Waals surface area contributed by atoms with Crippen LogP contribution in [0.15, 0.2) is 71.8 Å². The van der Waals surface area contributed by atoms with E-state index in [2.05, 4.69) is 9.82 Å². The molecule has 3 rings (SSSR count). The highest BCUT2D eigenvalue weighted by Gasteiger charge is 2.35. The van der Waals surface area contributed by atoms with Crippen LogP contribution >= 0.6 is 0 Å². The number of nitrogens with one attached hydrogen (secondary N) is 1. The molecule has 152 valence electrons. The predicted octanol–water partition coefficient (Wildman–Crippen LogP) is 3.68. The van der Waals surface area contributed by atoms with Crippen molar-refractivity contribution in [2.45, 2.75) is 11.1 Å². The maximum atomic E-state index is 13.7. The summed E-state index contributed by atoms with van der Waals surface area (Å²) >= 11 is 0. The quantitative estimate of drug-likeness (QED) is 0.613. The van der Waals surface area contributed by atoms with Gasteiger partial charge in [-0.3, -0.25) is 5.01 Å². The Bertz CT molecular complexity index is 1120. The lowest BCUT2D eigenvalue weighted by Gasteiger charge is -2.25. The summed E-state index contributed by atoms with van der Waals surface area (Å²) in [7, 11) is -2.68. The number of nitrogen functional groups attached to an aromatic ring is 1. The minimum absolute atomic E-state index is 0.00457. The molecule has 3 N–H and O–H groups in total. The first-order chi connectivity index (χ1) is 13.6. The van der Waals surface area contributed by atoms with Crippen LogP contribution < -0.4 is 15.6 Å². The number of hydrogen-bond acceptors (Lipinski definition) is 5. The molecule has 0 fully saturated rings. The SMILES string of the molecule is CN(NS(=O)(=O)c1ccccc1)c1cccc(C(F)(F)F)c1-c1ccnc(N)c1. The van der Waals surface area contributed by atoms with Gasteiger partial charge in [-0.15, -0.1) is 4.83 Å². The number of anilines is 2. The third-order valence-electron chi connectivity index (χ3n) is 4.09. The van der Waals surface area contributed by atoms with E-state index in [1.807, 2.05) is 0 Å². The lowest BCUT2D eigenvalue weighted by atomic mass is 9.97. The Kier molecular flexibility index (Phi) is 5.49. The molecule has 29 heavy (non-hydrogen) atoms. The summed E-state index contributed by atoms with van der Waals surface area (Å²) in [6.45, 7) is 0. The van der Waals surface area contributed by atoms with Crippen LogP contribution in [-0.4, -0.2) is 20.4 Å². The van der Waals surface area contributed by atoms with Crippen LogP contribution in [0.3, 0.4) is 0 Å². The third kappa shape index (κ3) is 4.49. The van der Waals surface area contributed by atoms with Gasteiger partial charge in [-0.2, -0.15) is 13.2 Å². The number of rotatable bonds is 5. The van der Waals surface area contributed by atoms with E-state index >= 15 is 0 Å². The Hall–Kier alpha value is -3.11. The van der Waals surface area contributed by atoms with E-state index in [9.17, 15) is 21.6 Å². The maximum Gasteiger partial charge on any atom is 0.417 e. The first kappa shape index (κ1) is 20.6. The molecule has 0 bridgehead atoms. The zero-order chi connectivity index (χ0) is 21.2. The lowest BCUT2D eigenvalue weighted by molar-refractivity contribution is -0.137. The number of sulfonamides is 1. The molecule has 0 atom stereocenters. The molecular formula is C19H17F3N4O2S. The minimum Gasteiger partial charge on any atom is -0.384 e. The molecule has 3 aromatic rings. The van der Waals surface area contributed by atoms with Crippen molar-refractivity contribution < 1.29 is 21.6 Å². The van der Waals surface area contributed by atoms with Crippen LogP contribution in [0.1, 0.15) is 5.56 Å². The van der Waals surface area contributed by atoms with Crippen molar-refractivity contribution >= 4 is 21.5 Å². The number of aromatic nitrogens is 1. The van der Waals surface area contributed by atoms with Crippen LogP contribution in [0.2, 0.25) is 0 Å². The van der Waals surface area contributed by atoms with E-state index < -0.39 is 21.8 Å². The van der Waals surface area contributed by atoms with Crippen molar-refractivity contribution in [3.05, 3.63) is 72.4 Å². The monoisotopic (exact) mass is 422 g/mol. The highest BCUT2D eigenvalue weighted by molar-refractivity contribution is 7.89. The summed E-state index contributed by atoms with van der Waals surface area (Å²) in [6, 6.07) is 13.7. The molecule has 0 radical (unpaired) electrons. The fourth-order valence-corrected chi connectivity index (χ4v) is 3.92. The van der Waals surface area contributed by atoms with Crippen molar-refractivity contribution in [3.8, 4) is 11.1 Å². The smallest absolute Gasteiger partial charge is 0.384 e. The van der Waals surface area contributed by atoms with Gasteiger partial charge in [0.15, 0.2) is 0 Å². The minimum atomic E-state index is -4.66. The zero-order valence-electron chi connectivity index (χ0n) is 15.2. The van der Waals surface area contributed by atoms with E-state index in [0.29, 0.717) is 0 Å². The summed E-state index contributed by atoms with van der Waals surface area (Å²) in [5.41, 5.74) is 4.66. The lowest BCUT2D eigenvalue weighted by Crippen LogP contribution is -2.39. The van der Waals surface area contributed by atoms with Gasteiger partial charge >= 0.3 is 6.18 Å². The van der Waals surface area contributed by atoms with Crippen molar-refractivity contribution in [2.75, 3.05) is 17.8 Å². The standard InChI is InChI=1S/C19H17F3N4O2S/c1-26(25-29(27,28)14-6-3-2-4-7-14)16-9-5-8-15(19(20,21)22)18(16)13-10-11-24-17(23)12-13/h2-12,25H,1H3,(H2,23,24). The van der Waals surface area contributed by atoms with Crippen molar-refractivity contribution in [1.29, 1.82) is 0 Å². The summed E-state index contributed by atoms with van der Waals surface area (Å²) < 4.78 is 66.2. The van der Waals surface area contributed by atoms with Gasteiger partial charge in [0.1, 0.15) is 5.82 Å². The third-order valence-corrected chi connectivity index (χ3v) is 5.50. The Balaban J connectivity index is 2.12. The summed E-state index contributed by atoms with van der Waals surface area (Å²) in [4.78, 5) is 6.07. The van der Waals surface area contributed by atoms with Crippen LogP contribution in [0, 0.1) is 0 Å². The summed E-state index contributed by atoms with van der Waals surface area (Å²) in [5, 5.41) is 1.03. The van der Waals surface area contributed by atoms with Crippen LogP contribution in [-0.2, 0) is 16.2 Å². The number of pyridine rings is 1. The van der Waals surface area contributed by atoms with Gasteiger partial charge in [0.2, 0.25) is 0 Å². The molecule has 1 heterocycles. The molecule has 1 aromatic heterocycles. The van der Waals surface area contributed by atoms with E-state index in [4.69, 9.17) is 5.73 Å². The van der Waals surface area contributed by atoms with Crippen LogP contribution in [0.4, 0.5) is 24.7 Å². The topological polar surface area (TPSA) is 88.3 Å². The fourth-order valence-electron chi connectivity index (χ4n) is 2.84. The molecule has 0 amide bonds. The fraction of sp³-hybridized carbons (Fsp3) is 0.105. The normalized spacial score (nSPS) is 12.0. The van der Waals surface area contributed by atoms with Gasteiger partial charge in [0.25, 0.3) is 10.0 Å². The molecule has 2 aromatic carbocycles. The van der Waals surface area contributed by atoms with Crippen molar-refractivity contribution in [2.24, 2.45) is 0 Å². The maximum absolute atomic E-state index is 13.7. The molecule has 0 aliphatic carbocycles. The van der Waals surface area contributed by atoms with Crippen molar-refractivity contribution in [3.63, 3.8) is 0 Å². The van der Waals surface area contributed by atoms with E-state index in [1.54, 1.807) is 18.2 Å². The number of halogens is 3. The Morgan fingerprint density at radius 2 is 1.72 bits per heavy atom. The van der Waals surface area contributed by atoms with Gasteiger partial charge in [0.05, 0.1) is 16.1 Å². The van der Waals surface area contributed by atoms with Crippen LogP contribution in [0.25, 0.3) is 11.1 Å². The second kappa shape index (κ2) is 7.72. The molecule has 0 spiro atoms. The Labute approximate surface area is 165 Å². The van der Waals surface area contributed by atoms with E-state index in [0.717, 1.165) is 11.1 Å². The molecule has 0 unspecified atom stereocenters. The number of hydrazine groups is 1. The predicted molar refractivity (Wildman–Crippen MR) is 104 cm³/mol. The highest BCUT2D eigenvalue weighted by atomic mass is 32.2. The number of alkyl halides is 3. The second-order valence-corrected chi connectivity index (χ2v) is 7.79. The molecule has 0 saturated carbocycles. The summed E-state index contributed by atoms with van der Waals surface area (Å²) in [6.07, 6.45) is -3.38. The Morgan fingerprint density at radius 1 is 1.03 bits per heavy atom. The molecule has 0 aliphatic rings. The van der Waals surface area contributed by atoms with Gasteiger partial charge in [-0.25, -0.2) is 13.4 Å². The molecule has 0 aliphatic heterocycles. The molecular weight excluding hydrogens is 405 g/mol. The molecule has 6 nitrogen and oxygen atoms in total. The van der Waals surface area contributed by atoms with Gasteiger partial charge in [0, 0.05) is 18.8 Å². The van der Waals surface area contributed by atoms with Crippen molar-refractivity contribution in [1.82, 2.24) is 9.82 Å². The number of nitrogens with two attached hydrogens (primary N) is 1. The number of hydrogen-bond donors (Lipinski definition) is 2. The first-order valence-electron chi connectivity index (χ1n) is 8.33. The second-order valence-electron chi connectivity index (χ2n) is 6.13. The van der Waals surface area contributed by atoms with E-state index in [1.165, 1.54) is 49.6 Å². The number of benzene rings is 2. The highest BCUT2D eigenvalue weighted by Crippen LogP contribution is 2.42. The average molecular weight is 422 g/mol. The van der Waals surface area contributed by atoms with Gasteiger partial charge < -0.3 is 5.73 Å².